The Balaban J connectivity index is 1.85. The molecule has 1 atom stereocenters. The van der Waals surface area contributed by atoms with Crippen LogP contribution in [-0.2, 0) is 35.0 Å². The number of benzene rings is 3. The molecule has 1 N–H and O–H groups in total. The van der Waals surface area contributed by atoms with Crippen LogP contribution in [0.5, 0.6) is 0 Å². The fourth-order valence-corrected chi connectivity index (χ4v) is 4.55. The second-order valence-electron chi connectivity index (χ2n) is 9.20. The van der Waals surface area contributed by atoms with E-state index in [1.807, 2.05) is 0 Å². The van der Waals surface area contributed by atoms with E-state index < -0.39 is 47.9 Å². The molecular formula is C29H24F7N3O2. The lowest BCUT2D eigenvalue weighted by Gasteiger charge is -2.38. The quantitative estimate of drug-likeness (QED) is 0.252. The first-order chi connectivity index (χ1) is 19.3. The molecule has 0 saturated heterocycles. The van der Waals surface area contributed by atoms with Crippen LogP contribution in [0, 0.1) is 5.82 Å². The average molecular weight is 580 g/mol. The van der Waals surface area contributed by atoms with Crippen molar-refractivity contribution in [1.82, 2.24) is 10.2 Å². The fourth-order valence-electron chi connectivity index (χ4n) is 4.55. The van der Waals surface area contributed by atoms with E-state index in [1.54, 1.807) is 0 Å². The Morgan fingerprint density at radius 1 is 0.951 bits per heavy atom. The lowest BCUT2D eigenvalue weighted by molar-refractivity contribution is -0.139. The Hall–Kier alpha value is -4.35. The third-order valence-electron chi connectivity index (χ3n) is 6.52. The number of carbonyl (C=O) groups is 1. The monoisotopic (exact) mass is 579 g/mol. The van der Waals surface area contributed by atoms with E-state index in [0.29, 0.717) is 5.56 Å². The van der Waals surface area contributed by atoms with Crippen molar-refractivity contribution in [2.75, 3.05) is 7.11 Å². The third-order valence-corrected chi connectivity index (χ3v) is 6.52. The number of nitrogens with zero attached hydrogens (tertiary/aromatic N) is 2. The molecule has 0 aliphatic carbocycles. The van der Waals surface area contributed by atoms with E-state index in [0.717, 1.165) is 25.3 Å². The molecule has 1 unspecified atom stereocenters. The van der Waals surface area contributed by atoms with Crippen LogP contribution in [0.2, 0.25) is 0 Å². The van der Waals surface area contributed by atoms with Crippen LogP contribution in [0.4, 0.5) is 30.7 Å². The number of ether oxygens (including phenoxy) is 1. The lowest BCUT2D eigenvalue weighted by atomic mass is 9.94. The van der Waals surface area contributed by atoms with Crippen molar-refractivity contribution in [1.29, 1.82) is 0 Å². The van der Waals surface area contributed by atoms with Crippen LogP contribution in [0.15, 0.2) is 89.1 Å². The second kappa shape index (κ2) is 11.6. The molecule has 0 radical (unpaired) electrons. The van der Waals surface area contributed by atoms with Gasteiger partial charge in [0.15, 0.2) is 5.96 Å². The molecular weight excluding hydrogens is 555 g/mol. The minimum absolute atomic E-state index is 0.000563. The number of allylic oxidation sites excluding steroid dienone is 1. The van der Waals surface area contributed by atoms with Gasteiger partial charge < -0.3 is 15.0 Å². The molecule has 0 saturated carbocycles. The molecule has 216 valence electrons. The maximum Gasteiger partial charge on any atom is 0.416 e. The Labute approximate surface area is 231 Å². The van der Waals surface area contributed by atoms with Gasteiger partial charge in [-0.3, -0.25) is 0 Å². The van der Waals surface area contributed by atoms with Gasteiger partial charge in [-0.25, -0.2) is 14.2 Å². The van der Waals surface area contributed by atoms with E-state index >= 15 is 0 Å². The molecule has 0 bridgehead atoms. The molecule has 0 amide bonds. The zero-order chi connectivity index (χ0) is 29.9. The van der Waals surface area contributed by atoms with Gasteiger partial charge in [-0.2, -0.15) is 26.3 Å². The second-order valence-corrected chi connectivity index (χ2v) is 9.20. The number of hydrogen-bond acceptors (Lipinski definition) is 3. The summed E-state index contributed by atoms with van der Waals surface area (Å²) >= 11 is 0. The van der Waals surface area contributed by atoms with Gasteiger partial charge in [0, 0.05) is 5.70 Å². The molecule has 0 spiro atoms. The minimum Gasteiger partial charge on any atom is -0.466 e. The molecule has 4 rings (SSSR count). The van der Waals surface area contributed by atoms with Gasteiger partial charge in [-0.1, -0.05) is 42.5 Å². The number of guanidine groups is 1. The van der Waals surface area contributed by atoms with Gasteiger partial charge in [-0.15, -0.1) is 0 Å². The summed E-state index contributed by atoms with van der Waals surface area (Å²) in [6, 6.07) is 13.6. The standard InChI is InChI=1S/C29H24F7N3O2/c1-17-24(26(40)41-2)25(19-9-6-11-22(30)14-19)38-27(37-15-18-7-5-10-21(13-18)28(31,32)33)39(17)16-20-8-3-4-12-23(20)29(34,35)36/h3-14,25H,15-16H2,1-2H3,(H,37,38). The Morgan fingerprint density at radius 3 is 2.32 bits per heavy atom. The van der Waals surface area contributed by atoms with E-state index in [4.69, 9.17) is 4.74 Å². The van der Waals surface area contributed by atoms with Gasteiger partial charge in [0.2, 0.25) is 0 Å². The van der Waals surface area contributed by atoms with E-state index in [2.05, 4.69) is 10.3 Å². The van der Waals surface area contributed by atoms with Crippen LogP contribution in [0.3, 0.4) is 0 Å². The fraction of sp³-hybridized carbons (Fsp3) is 0.241. The highest BCUT2D eigenvalue weighted by Gasteiger charge is 2.38. The Bertz CT molecular complexity index is 1500. The summed E-state index contributed by atoms with van der Waals surface area (Å²) in [6.07, 6.45) is -9.27. The molecule has 5 nitrogen and oxygen atoms in total. The number of carbonyl (C=O) groups excluding carboxylic acids is 1. The number of rotatable bonds is 6. The molecule has 1 aliphatic heterocycles. The van der Waals surface area contributed by atoms with Gasteiger partial charge in [0.05, 0.1) is 42.9 Å². The summed E-state index contributed by atoms with van der Waals surface area (Å²) in [6.45, 7) is 0.808. The molecule has 12 heteroatoms. The first kappa shape index (κ1) is 29.6. The van der Waals surface area contributed by atoms with E-state index in [1.165, 1.54) is 66.4 Å². The van der Waals surface area contributed by atoms with Gasteiger partial charge >= 0.3 is 18.3 Å². The predicted octanol–water partition coefficient (Wildman–Crippen LogP) is 7.01. The summed E-state index contributed by atoms with van der Waals surface area (Å²) in [7, 11) is 1.13. The summed E-state index contributed by atoms with van der Waals surface area (Å²) in [5.74, 6) is -1.44. The highest BCUT2D eigenvalue weighted by atomic mass is 19.4. The molecule has 3 aromatic carbocycles. The molecule has 3 aromatic rings. The summed E-state index contributed by atoms with van der Waals surface area (Å²) in [5, 5.41) is 2.98. The first-order valence-corrected chi connectivity index (χ1v) is 12.2. The minimum atomic E-state index is -4.68. The SMILES string of the molecule is COC(=O)C1=C(C)N(Cc2ccccc2C(F)(F)F)C(=NCc2cccc(C(F)(F)F)c2)NC1c1cccc(F)c1. The number of halogens is 7. The highest BCUT2D eigenvalue weighted by molar-refractivity contribution is 5.96. The van der Waals surface area contributed by atoms with Crippen molar-refractivity contribution in [2.24, 2.45) is 4.99 Å². The molecule has 41 heavy (non-hydrogen) atoms. The summed E-state index contributed by atoms with van der Waals surface area (Å²) in [4.78, 5) is 18.7. The van der Waals surface area contributed by atoms with E-state index in [-0.39, 0.29) is 34.9 Å². The smallest absolute Gasteiger partial charge is 0.416 e. The predicted molar refractivity (Wildman–Crippen MR) is 137 cm³/mol. The van der Waals surface area contributed by atoms with Crippen LogP contribution in [0.1, 0.15) is 40.8 Å². The zero-order valence-electron chi connectivity index (χ0n) is 21.8. The van der Waals surface area contributed by atoms with Crippen molar-refractivity contribution < 1.29 is 40.3 Å². The van der Waals surface area contributed by atoms with Crippen molar-refractivity contribution in [3.63, 3.8) is 0 Å². The molecule has 0 fully saturated rings. The normalized spacial score (nSPS) is 17.0. The van der Waals surface area contributed by atoms with Crippen LogP contribution < -0.4 is 5.32 Å². The van der Waals surface area contributed by atoms with E-state index in [9.17, 15) is 35.5 Å². The van der Waals surface area contributed by atoms with Crippen molar-refractivity contribution >= 4 is 11.9 Å². The lowest BCUT2D eigenvalue weighted by Crippen LogP contribution is -2.49. The molecule has 1 heterocycles. The largest absolute Gasteiger partial charge is 0.466 e. The summed E-state index contributed by atoms with van der Waals surface area (Å²) in [5.41, 5.74) is -1.27. The van der Waals surface area contributed by atoms with Gasteiger partial charge in [-0.05, 0) is 53.9 Å². The average Bonchev–Trinajstić information content (AvgIpc) is 2.92. The molecule has 1 aliphatic rings. The first-order valence-electron chi connectivity index (χ1n) is 12.2. The Morgan fingerprint density at radius 2 is 1.66 bits per heavy atom. The number of nitrogens with one attached hydrogen (secondary N) is 1. The van der Waals surface area contributed by atoms with Crippen LogP contribution >= 0.6 is 0 Å². The van der Waals surface area contributed by atoms with Gasteiger partial charge in [0.1, 0.15) is 5.82 Å². The van der Waals surface area contributed by atoms with Gasteiger partial charge in [0.25, 0.3) is 0 Å². The maximum atomic E-state index is 14.2. The molecule has 0 aromatic heterocycles. The number of hydrogen-bond donors (Lipinski definition) is 1. The number of esters is 1. The van der Waals surface area contributed by atoms with Crippen molar-refractivity contribution in [2.45, 2.75) is 38.4 Å². The number of methoxy groups -OCH3 is 1. The maximum absolute atomic E-state index is 14.2. The van der Waals surface area contributed by atoms with Crippen molar-refractivity contribution in [3.8, 4) is 0 Å². The third kappa shape index (κ3) is 6.69. The topological polar surface area (TPSA) is 53.9 Å². The number of aliphatic imine (C=N–C) groups is 1. The van der Waals surface area contributed by atoms with Crippen LogP contribution in [-0.4, -0.2) is 23.9 Å². The Kier molecular flexibility index (Phi) is 8.41. The zero-order valence-corrected chi connectivity index (χ0v) is 21.8. The number of alkyl halides is 6. The van der Waals surface area contributed by atoms with Crippen LogP contribution in [0.25, 0.3) is 0 Å². The highest BCUT2D eigenvalue weighted by Crippen LogP contribution is 2.36. The van der Waals surface area contributed by atoms with Crippen molar-refractivity contribution in [3.05, 3.63) is 118 Å². The summed E-state index contributed by atoms with van der Waals surface area (Å²) < 4.78 is 100.